The number of carbonyl (C=O) groups is 1. The standard InChI is InChI=1S/C28H27FN6O5/c1-3-38-27(36)20-15-30-35(17-20)28-32-23-16-31-34(25(23)26(33-28)37-2)12-7-13-39-21-10-11-24(22(29)14-21)40-18-19-8-5-4-6-9-19/h4-6,8-11,14-17H,3,7,12-13,18H2,1-2H3. The molecular weight excluding hydrogens is 519 g/mol. The van der Waals surface area contributed by atoms with E-state index in [1.807, 2.05) is 30.3 Å². The molecule has 0 saturated heterocycles. The van der Waals surface area contributed by atoms with Crippen molar-refractivity contribution >= 4 is 17.0 Å². The fourth-order valence-corrected chi connectivity index (χ4v) is 3.95. The van der Waals surface area contributed by atoms with Gasteiger partial charge in [-0.3, -0.25) is 4.68 Å². The third kappa shape index (κ3) is 6.01. The fourth-order valence-electron chi connectivity index (χ4n) is 3.95. The summed E-state index contributed by atoms with van der Waals surface area (Å²) in [6, 6.07) is 14.1. The number of carbonyl (C=O) groups excluding carboxylic acids is 1. The highest BCUT2D eigenvalue weighted by Crippen LogP contribution is 2.25. The second-order valence-electron chi connectivity index (χ2n) is 8.60. The van der Waals surface area contributed by atoms with Gasteiger partial charge < -0.3 is 18.9 Å². The molecule has 40 heavy (non-hydrogen) atoms. The number of halogens is 1. The van der Waals surface area contributed by atoms with Gasteiger partial charge in [0.2, 0.25) is 5.88 Å². The van der Waals surface area contributed by atoms with E-state index in [1.54, 1.807) is 29.9 Å². The Bertz CT molecular complexity index is 1600. The topological polar surface area (TPSA) is 115 Å². The number of ether oxygens (including phenoxy) is 4. The van der Waals surface area contributed by atoms with Crippen LogP contribution in [0.1, 0.15) is 29.3 Å². The van der Waals surface area contributed by atoms with Crippen LogP contribution in [0.3, 0.4) is 0 Å². The summed E-state index contributed by atoms with van der Waals surface area (Å²) < 4.78 is 39.4. The number of aromatic nitrogens is 6. The molecule has 12 heteroatoms. The summed E-state index contributed by atoms with van der Waals surface area (Å²) in [4.78, 5) is 20.9. The summed E-state index contributed by atoms with van der Waals surface area (Å²) in [6.07, 6.45) is 5.06. The summed E-state index contributed by atoms with van der Waals surface area (Å²) in [5.41, 5.74) is 2.39. The Morgan fingerprint density at radius 3 is 2.65 bits per heavy atom. The molecule has 3 heterocycles. The predicted molar refractivity (Wildman–Crippen MR) is 142 cm³/mol. The zero-order chi connectivity index (χ0) is 27.9. The lowest BCUT2D eigenvalue weighted by atomic mass is 10.2. The van der Waals surface area contributed by atoms with Crippen LogP contribution in [0, 0.1) is 5.82 Å². The number of hydrogen-bond donors (Lipinski definition) is 0. The van der Waals surface area contributed by atoms with Crippen molar-refractivity contribution in [3.63, 3.8) is 0 Å². The van der Waals surface area contributed by atoms with E-state index in [9.17, 15) is 9.18 Å². The molecule has 11 nitrogen and oxygen atoms in total. The van der Waals surface area contributed by atoms with Crippen molar-refractivity contribution in [3.8, 4) is 23.3 Å². The highest BCUT2D eigenvalue weighted by atomic mass is 19.1. The van der Waals surface area contributed by atoms with Gasteiger partial charge in [-0.05, 0) is 24.6 Å². The van der Waals surface area contributed by atoms with Crippen LogP contribution in [0.5, 0.6) is 17.4 Å². The fraction of sp³-hybridized carbons (Fsp3) is 0.250. The Labute approximate surface area is 229 Å². The van der Waals surface area contributed by atoms with Gasteiger partial charge in [0.25, 0.3) is 5.95 Å². The van der Waals surface area contributed by atoms with Gasteiger partial charge in [0, 0.05) is 25.2 Å². The number of nitrogens with zero attached hydrogens (tertiary/aromatic N) is 6. The summed E-state index contributed by atoms with van der Waals surface area (Å²) in [7, 11) is 1.50. The SMILES string of the molecule is CCOC(=O)c1cnn(-c2nc(OC)c3c(cnn3CCCOc3ccc(OCc4ccccc4)c(F)c3)n2)c1. The zero-order valence-corrected chi connectivity index (χ0v) is 22.0. The zero-order valence-electron chi connectivity index (χ0n) is 22.0. The van der Waals surface area contributed by atoms with E-state index in [0.717, 1.165) is 5.56 Å². The number of rotatable bonds is 12. The minimum Gasteiger partial charge on any atom is -0.493 e. The van der Waals surface area contributed by atoms with Crippen LogP contribution in [0.4, 0.5) is 4.39 Å². The van der Waals surface area contributed by atoms with Crippen molar-refractivity contribution in [1.82, 2.24) is 29.5 Å². The van der Waals surface area contributed by atoms with Gasteiger partial charge in [0.05, 0.1) is 38.3 Å². The molecule has 3 aromatic heterocycles. The van der Waals surface area contributed by atoms with Gasteiger partial charge >= 0.3 is 5.97 Å². The number of hydrogen-bond acceptors (Lipinski definition) is 9. The molecule has 0 aliphatic carbocycles. The molecule has 5 aromatic rings. The van der Waals surface area contributed by atoms with E-state index >= 15 is 0 Å². The van der Waals surface area contributed by atoms with Crippen molar-refractivity contribution in [1.29, 1.82) is 0 Å². The molecule has 0 fully saturated rings. The van der Waals surface area contributed by atoms with Crippen LogP contribution in [0.15, 0.2) is 67.1 Å². The Morgan fingerprint density at radius 2 is 1.88 bits per heavy atom. The van der Waals surface area contributed by atoms with E-state index in [-0.39, 0.29) is 30.5 Å². The average molecular weight is 547 g/mol. The van der Waals surface area contributed by atoms with Gasteiger partial charge in [-0.1, -0.05) is 30.3 Å². The highest BCUT2D eigenvalue weighted by molar-refractivity contribution is 5.88. The number of esters is 1. The van der Waals surface area contributed by atoms with Crippen molar-refractivity contribution in [2.45, 2.75) is 26.5 Å². The van der Waals surface area contributed by atoms with Gasteiger partial charge in [0.1, 0.15) is 23.4 Å². The number of benzene rings is 2. The van der Waals surface area contributed by atoms with E-state index in [1.165, 1.54) is 30.3 Å². The lowest BCUT2D eigenvalue weighted by molar-refractivity contribution is 0.0526. The summed E-state index contributed by atoms with van der Waals surface area (Å²) in [6.45, 7) is 3.09. The van der Waals surface area contributed by atoms with Gasteiger partial charge in [-0.2, -0.15) is 15.2 Å². The van der Waals surface area contributed by atoms with Gasteiger partial charge in [-0.25, -0.2) is 18.9 Å². The first-order chi connectivity index (χ1) is 19.6. The van der Waals surface area contributed by atoms with Crippen LogP contribution < -0.4 is 14.2 Å². The molecule has 0 atom stereocenters. The molecule has 206 valence electrons. The van der Waals surface area contributed by atoms with Crippen molar-refractivity contribution in [2.75, 3.05) is 20.3 Å². The van der Waals surface area contributed by atoms with Crippen LogP contribution in [0.25, 0.3) is 17.0 Å². The molecule has 0 bridgehead atoms. The Hall–Kier alpha value is -5.00. The lowest BCUT2D eigenvalue weighted by Gasteiger charge is -2.11. The second-order valence-corrected chi connectivity index (χ2v) is 8.60. The Balaban J connectivity index is 1.19. The van der Waals surface area contributed by atoms with E-state index in [4.69, 9.17) is 18.9 Å². The Kier molecular flexibility index (Phi) is 8.14. The third-order valence-electron chi connectivity index (χ3n) is 5.86. The van der Waals surface area contributed by atoms with Crippen molar-refractivity contribution < 1.29 is 28.1 Å². The normalized spacial score (nSPS) is 11.0. The summed E-state index contributed by atoms with van der Waals surface area (Å²) >= 11 is 0. The van der Waals surface area contributed by atoms with Crippen LogP contribution in [-0.2, 0) is 17.9 Å². The molecule has 0 spiro atoms. The molecule has 0 radical (unpaired) electrons. The predicted octanol–water partition coefficient (Wildman–Crippen LogP) is 4.38. The summed E-state index contributed by atoms with van der Waals surface area (Å²) in [5.74, 6) is 0.128. The van der Waals surface area contributed by atoms with Crippen LogP contribution >= 0.6 is 0 Å². The van der Waals surface area contributed by atoms with E-state index in [2.05, 4.69) is 20.2 Å². The first kappa shape index (κ1) is 26.6. The second kappa shape index (κ2) is 12.2. The summed E-state index contributed by atoms with van der Waals surface area (Å²) in [5, 5.41) is 8.57. The molecule has 5 rings (SSSR count). The van der Waals surface area contributed by atoms with Crippen LogP contribution in [0.2, 0.25) is 0 Å². The monoisotopic (exact) mass is 546 g/mol. The number of fused-ring (bicyclic) bond motifs is 1. The maximum Gasteiger partial charge on any atom is 0.341 e. The maximum atomic E-state index is 14.5. The highest BCUT2D eigenvalue weighted by Gasteiger charge is 2.17. The van der Waals surface area contributed by atoms with Crippen molar-refractivity contribution in [2.24, 2.45) is 0 Å². The van der Waals surface area contributed by atoms with Gasteiger partial charge in [-0.15, -0.1) is 0 Å². The van der Waals surface area contributed by atoms with E-state index in [0.29, 0.717) is 42.2 Å². The maximum absolute atomic E-state index is 14.5. The smallest absolute Gasteiger partial charge is 0.341 e. The molecule has 0 saturated carbocycles. The first-order valence-corrected chi connectivity index (χ1v) is 12.6. The van der Waals surface area contributed by atoms with Crippen molar-refractivity contribution in [3.05, 3.63) is 84.1 Å². The molecule has 0 aliphatic rings. The molecule has 0 aliphatic heterocycles. The minimum atomic E-state index is -0.490. The largest absolute Gasteiger partial charge is 0.493 e. The average Bonchev–Trinajstić information content (AvgIpc) is 3.63. The first-order valence-electron chi connectivity index (χ1n) is 12.6. The molecule has 0 unspecified atom stereocenters. The Morgan fingerprint density at radius 1 is 1.02 bits per heavy atom. The lowest BCUT2D eigenvalue weighted by Crippen LogP contribution is -2.09. The molecule has 2 aromatic carbocycles. The quantitative estimate of drug-likeness (QED) is 0.166. The van der Waals surface area contributed by atoms with E-state index < -0.39 is 11.8 Å². The van der Waals surface area contributed by atoms with Crippen LogP contribution in [-0.4, -0.2) is 55.8 Å². The number of methoxy groups -OCH3 is 1. The molecule has 0 amide bonds. The number of aryl methyl sites for hydroxylation is 1. The minimum absolute atomic E-state index is 0.165. The molecule has 0 N–H and O–H groups in total. The van der Waals surface area contributed by atoms with Gasteiger partial charge in [0.15, 0.2) is 11.6 Å². The molecular formula is C28H27FN6O5. The third-order valence-corrected chi connectivity index (χ3v) is 5.86.